The van der Waals surface area contributed by atoms with Crippen LogP contribution in [0, 0.1) is 0 Å². The summed E-state index contributed by atoms with van der Waals surface area (Å²) >= 11 is 1.43. The Bertz CT molecular complexity index is 337. The summed E-state index contributed by atoms with van der Waals surface area (Å²) in [5.74, 6) is 0.589. The van der Waals surface area contributed by atoms with Crippen molar-refractivity contribution in [3.8, 4) is 0 Å². The molecule has 1 aliphatic rings. The Hall–Kier alpha value is -0.810. The van der Waals surface area contributed by atoms with Crippen LogP contribution < -0.4 is 10.6 Å². The summed E-state index contributed by atoms with van der Waals surface area (Å²) in [6.45, 7) is 3.78. The molecule has 0 bridgehead atoms. The number of nitrogen functional groups attached to an aromatic ring is 1. The molecule has 2 rings (SSSR count). The topological polar surface area (TPSA) is 62.4 Å². The zero-order chi connectivity index (χ0) is 10.9. The summed E-state index contributed by atoms with van der Waals surface area (Å²) in [5.41, 5.74) is 5.09. The van der Waals surface area contributed by atoms with E-state index in [0.29, 0.717) is 5.82 Å². The number of anilines is 2. The van der Waals surface area contributed by atoms with Gasteiger partial charge in [-0.2, -0.15) is 4.37 Å². The predicted octanol–water partition coefficient (Wildman–Crippen LogP) is 1.47. The Labute approximate surface area is 93.9 Å². The Balaban J connectivity index is 2.05. The lowest BCUT2D eigenvalue weighted by molar-refractivity contribution is 0.0481. The third-order valence-corrected chi connectivity index (χ3v) is 3.76. The van der Waals surface area contributed by atoms with Gasteiger partial charge in [0.2, 0.25) is 0 Å². The molecule has 2 heterocycles. The molecule has 84 valence electrons. The molecule has 0 amide bonds. The minimum absolute atomic E-state index is 0.509. The average molecular weight is 227 g/mol. The van der Waals surface area contributed by atoms with Crippen LogP contribution in [0.1, 0.15) is 26.2 Å². The molecule has 1 aromatic heterocycles. The van der Waals surface area contributed by atoms with E-state index in [1.807, 2.05) is 13.0 Å². The van der Waals surface area contributed by atoms with Gasteiger partial charge in [-0.25, -0.2) is 0 Å². The van der Waals surface area contributed by atoms with E-state index < -0.39 is 5.60 Å². The van der Waals surface area contributed by atoms with Gasteiger partial charge in [0.1, 0.15) is 10.8 Å². The predicted molar refractivity (Wildman–Crippen MR) is 63.2 cm³/mol. The maximum absolute atomic E-state index is 9.96. The average Bonchev–Trinajstić information content (AvgIpc) is 2.49. The van der Waals surface area contributed by atoms with Crippen LogP contribution in [0.2, 0.25) is 0 Å². The van der Waals surface area contributed by atoms with Gasteiger partial charge in [0.15, 0.2) is 0 Å². The zero-order valence-corrected chi connectivity index (χ0v) is 9.76. The van der Waals surface area contributed by atoms with Gasteiger partial charge in [0.05, 0.1) is 5.60 Å². The molecule has 1 atom stereocenters. The number of nitrogens with zero attached hydrogens (tertiary/aromatic N) is 2. The van der Waals surface area contributed by atoms with Crippen molar-refractivity contribution < 1.29 is 5.11 Å². The summed E-state index contributed by atoms with van der Waals surface area (Å²) in [6, 6.07) is 1.91. The first kappa shape index (κ1) is 10.7. The second-order valence-electron chi connectivity index (χ2n) is 4.43. The van der Waals surface area contributed by atoms with Gasteiger partial charge in [-0.1, -0.05) is 0 Å². The van der Waals surface area contributed by atoms with Gasteiger partial charge in [-0.3, -0.25) is 0 Å². The smallest absolute Gasteiger partial charge is 0.139 e. The first-order chi connectivity index (χ1) is 7.07. The van der Waals surface area contributed by atoms with Crippen molar-refractivity contribution in [2.24, 2.45) is 0 Å². The van der Waals surface area contributed by atoms with Crippen molar-refractivity contribution in [3.05, 3.63) is 6.07 Å². The zero-order valence-electron chi connectivity index (χ0n) is 8.94. The largest absolute Gasteiger partial charge is 0.390 e. The maximum atomic E-state index is 9.96. The quantitative estimate of drug-likeness (QED) is 0.762. The molecule has 1 unspecified atom stereocenters. The summed E-state index contributed by atoms with van der Waals surface area (Å²) in [7, 11) is 0. The Kier molecular flexibility index (Phi) is 2.84. The number of nitrogens with two attached hydrogens (primary N) is 1. The van der Waals surface area contributed by atoms with E-state index in [1.54, 1.807) is 0 Å². The van der Waals surface area contributed by atoms with Crippen LogP contribution in [0.5, 0.6) is 0 Å². The van der Waals surface area contributed by atoms with Crippen molar-refractivity contribution in [1.82, 2.24) is 4.37 Å². The lowest BCUT2D eigenvalue weighted by Gasteiger charge is -2.22. The van der Waals surface area contributed by atoms with E-state index in [-0.39, 0.29) is 0 Å². The van der Waals surface area contributed by atoms with Crippen LogP contribution in [-0.2, 0) is 0 Å². The molecule has 0 radical (unpaired) electrons. The highest BCUT2D eigenvalue weighted by atomic mass is 32.1. The molecule has 0 saturated carbocycles. The monoisotopic (exact) mass is 227 g/mol. The van der Waals surface area contributed by atoms with Crippen LogP contribution in [0.4, 0.5) is 10.8 Å². The summed E-state index contributed by atoms with van der Waals surface area (Å²) in [5, 5.41) is 11.1. The highest BCUT2D eigenvalue weighted by molar-refractivity contribution is 7.10. The number of hydrogen-bond acceptors (Lipinski definition) is 5. The Morgan fingerprint density at radius 1 is 1.53 bits per heavy atom. The minimum Gasteiger partial charge on any atom is -0.390 e. The molecule has 1 saturated heterocycles. The molecule has 1 aromatic rings. The van der Waals surface area contributed by atoms with Crippen LogP contribution in [0.15, 0.2) is 6.07 Å². The van der Waals surface area contributed by atoms with E-state index in [4.69, 9.17) is 5.73 Å². The SMILES string of the molecule is CC1(O)CCCN(c2cc(N)ns2)CC1. The summed E-state index contributed by atoms with van der Waals surface area (Å²) in [4.78, 5) is 2.26. The molecule has 5 heteroatoms. The van der Waals surface area contributed by atoms with Crippen molar-refractivity contribution in [2.45, 2.75) is 31.8 Å². The molecule has 3 N–H and O–H groups in total. The van der Waals surface area contributed by atoms with E-state index in [2.05, 4.69) is 9.27 Å². The van der Waals surface area contributed by atoms with Crippen LogP contribution in [-0.4, -0.2) is 28.2 Å². The molecule has 1 aliphatic heterocycles. The van der Waals surface area contributed by atoms with Gasteiger partial charge >= 0.3 is 0 Å². The van der Waals surface area contributed by atoms with Gasteiger partial charge < -0.3 is 15.7 Å². The molecule has 4 nitrogen and oxygen atoms in total. The molecular weight excluding hydrogens is 210 g/mol. The number of hydrogen-bond donors (Lipinski definition) is 2. The van der Waals surface area contributed by atoms with E-state index in [9.17, 15) is 5.11 Å². The minimum atomic E-state index is -0.509. The van der Waals surface area contributed by atoms with Crippen molar-refractivity contribution in [3.63, 3.8) is 0 Å². The molecular formula is C10H17N3OS. The van der Waals surface area contributed by atoms with E-state index >= 15 is 0 Å². The van der Waals surface area contributed by atoms with Crippen LogP contribution >= 0.6 is 11.5 Å². The van der Waals surface area contributed by atoms with E-state index in [1.165, 1.54) is 11.5 Å². The molecule has 15 heavy (non-hydrogen) atoms. The number of aromatic nitrogens is 1. The van der Waals surface area contributed by atoms with Gasteiger partial charge in [-0.05, 0) is 37.7 Å². The van der Waals surface area contributed by atoms with Crippen LogP contribution in [0.3, 0.4) is 0 Å². The third-order valence-electron chi connectivity index (χ3n) is 2.89. The molecule has 0 spiro atoms. The highest BCUT2D eigenvalue weighted by Crippen LogP contribution is 2.28. The summed E-state index contributed by atoms with van der Waals surface area (Å²) < 4.78 is 4.07. The lowest BCUT2D eigenvalue weighted by Crippen LogP contribution is -2.27. The number of rotatable bonds is 1. The second-order valence-corrected chi connectivity index (χ2v) is 5.21. The third kappa shape index (κ3) is 2.60. The molecule has 1 fully saturated rings. The van der Waals surface area contributed by atoms with Gasteiger partial charge in [-0.15, -0.1) is 0 Å². The van der Waals surface area contributed by atoms with Gasteiger partial charge in [0, 0.05) is 19.2 Å². The fourth-order valence-corrected chi connectivity index (χ4v) is 2.63. The summed E-state index contributed by atoms with van der Waals surface area (Å²) in [6.07, 6.45) is 2.70. The molecule has 0 aromatic carbocycles. The second kappa shape index (κ2) is 3.98. The number of aliphatic hydroxyl groups is 1. The maximum Gasteiger partial charge on any atom is 0.139 e. The molecule has 0 aliphatic carbocycles. The fourth-order valence-electron chi connectivity index (χ4n) is 1.91. The fraction of sp³-hybridized carbons (Fsp3) is 0.700. The van der Waals surface area contributed by atoms with Crippen molar-refractivity contribution >= 4 is 22.4 Å². The Morgan fingerprint density at radius 2 is 2.33 bits per heavy atom. The van der Waals surface area contributed by atoms with E-state index in [0.717, 1.165) is 37.4 Å². The Morgan fingerprint density at radius 3 is 3.00 bits per heavy atom. The highest BCUT2D eigenvalue weighted by Gasteiger charge is 2.25. The van der Waals surface area contributed by atoms with Crippen molar-refractivity contribution in [2.75, 3.05) is 23.7 Å². The van der Waals surface area contributed by atoms with Crippen molar-refractivity contribution in [1.29, 1.82) is 0 Å². The lowest BCUT2D eigenvalue weighted by atomic mass is 9.98. The standard InChI is InChI=1S/C10H17N3OS/c1-10(14)3-2-5-13(6-4-10)9-7-8(11)12-15-9/h7,14H,2-6H2,1H3,(H2,11,12). The first-order valence-corrected chi connectivity index (χ1v) is 6.04. The first-order valence-electron chi connectivity index (χ1n) is 5.26. The van der Waals surface area contributed by atoms with Gasteiger partial charge in [0.25, 0.3) is 0 Å². The van der Waals surface area contributed by atoms with Crippen LogP contribution in [0.25, 0.3) is 0 Å². The normalized spacial score (nSPS) is 27.7.